The van der Waals surface area contributed by atoms with Crippen LogP contribution < -0.4 is 16.4 Å². The largest absolute Gasteiger partial charge is 0.420 e. The molecule has 1 aliphatic rings. The van der Waals surface area contributed by atoms with Crippen molar-refractivity contribution in [2.75, 3.05) is 10.7 Å². The molecule has 3 aromatic rings. The van der Waals surface area contributed by atoms with Crippen molar-refractivity contribution in [2.45, 2.75) is 49.0 Å². The van der Waals surface area contributed by atoms with E-state index in [0.29, 0.717) is 16.7 Å². The average Bonchev–Trinajstić information content (AvgIpc) is 3.31. The summed E-state index contributed by atoms with van der Waals surface area (Å²) in [4.78, 5) is 13.7. The van der Waals surface area contributed by atoms with Gasteiger partial charge in [-0.05, 0) is 43.7 Å². The minimum atomic E-state index is -4.79. The van der Waals surface area contributed by atoms with Crippen molar-refractivity contribution in [2.24, 2.45) is 11.5 Å². The molecule has 2 aromatic carbocycles. The van der Waals surface area contributed by atoms with E-state index < -0.39 is 73.2 Å². The van der Waals surface area contributed by atoms with Gasteiger partial charge in [0.25, 0.3) is 5.89 Å². The Morgan fingerprint density at radius 1 is 1.18 bits per heavy atom. The zero-order valence-corrected chi connectivity index (χ0v) is 21.5. The van der Waals surface area contributed by atoms with E-state index in [1.165, 1.54) is 0 Å². The minimum Gasteiger partial charge on any atom is -0.420 e. The second-order valence-corrected chi connectivity index (χ2v) is 11.8. The maximum absolute atomic E-state index is 15.2. The number of alkyl halides is 3. The molecule has 0 aliphatic carbocycles. The smallest absolute Gasteiger partial charge is 0.404 e. The van der Waals surface area contributed by atoms with E-state index in [0.717, 1.165) is 24.8 Å². The van der Waals surface area contributed by atoms with Gasteiger partial charge in [0.2, 0.25) is 11.8 Å². The molecule has 0 bridgehead atoms. The van der Waals surface area contributed by atoms with Crippen LogP contribution in [-0.2, 0) is 26.6 Å². The first-order valence-electron chi connectivity index (χ1n) is 11.1. The molecule has 1 aromatic heterocycles. The van der Waals surface area contributed by atoms with Crippen LogP contribution >= 0.6 is 11.6 Å². The van der Waals surface area contributed by atoms with Crippen molar-refractivity contribution in [1.29, 1.82) is 0 Å². The van der Waals surface area contributed by atoms with Crippen molar-refractivity contribution in [1.82, 2.24) is 10.2 Å². The van der Waals surface area contributed by atoms with Crippen LogP contribution in [0.5, 0.6) is 0 Å². The predicted octanol–water partition coefficient (Wildman–Crippen LogP) is 3.34. The Hall–Kier alpha value is -3.07. The van der Waals surface area contributed by atoms with Crippen molar-refractivity contribution < 1.29 is 35.2 Å². The quantitative estimate of drug-likeness (QED) is 0.441. The number of halogens is 5. The number of nitrogens with two attached hydrogens (primary N) is 2. The monoisotopic (exact) mass is 575 g/mol. The van der Waals surface area contributed by atoms with Crippen LogP contribution in [0.2, 0.25) is 5.02 Å². The van der Waals surface area contributed by atoms with Crippen molar-refractivity contribution in [3.8, 4) is 11.5 Å². The Labute approximate surface area is 219 Å². The molecule has 0 spiro atoms. The molecule has 9 nitrogen and oxygen atoms in total. The number of sulfone groups is 1. The molecular weight excluding hydrogens is 554 g/mol. The number of fused-ring (bicyclic) bond motifs is 1. The summed E-state index contributed by atoms with van der Waals surface area (Å²) in [5.74, 6) is -3.68. The van der Waals surface area contributed by atoms with E-state index in [4.69, 9.17) is 27.5 Å². The molecule has 4 rings (SSSR count). The van der Waals surface area contributed by atoms with Crippen LogP contribution in [0.15, 0.2) is 45.7 Å². The SMILES string of the molecule is CC(C)(c1nnc(-c2cc3c(cc2F)S(=O)(=O)C[C@H](N)C(=O)N3Cc2ccc(Cl)cc2)o1)C(N)C(F)(F)F. The molecule has 2 heterocycles. The number of amides is 1. The molecule has 0 saturated carbocycles. The number of carbonyl (C=O) groups is 1. The maximum Gasteiger partial charge on any atom is 0.404 e. The first-order chi connectivity index (χ1) is 17.5. The van der Waals surface area contributed by atoms with E-state index in [9.17, 15) is 26.4 Å². The van der Waals surface area contributed by atoms with E-state index >= 15 is 4.39 Å². The van der Waals surface area contributed by atoms with Gasteiger partial charge in [-0.25, -0.2) is 12.8 Å². The normalized spacial score (nSPS) is 18.7. The molecular formula is C23H22ClF4N5O4S. The van der Waals surface area contributed by atoms with Crippen LogP contribution in [-0.4, -0.2) is 48.5 Å². The fraction of sp³-hybridized carbons (Fsp3) is 0.348. The van der Waals surface area contributed by atoms with Crippen molar-refractivity contribution in [3.05, 3.63) is 58.7 Å². The number of carbonyl (C=O) groups excluding carboxylic acids is 1. The summed E-state index contributed by atoms with van der Waals surface area (Å²) >= 11 is 5.92. The zero-order chi connectivity index (χ0) is 28.2. The van der Waals surface area contributed by atoms with Gasteiger partial charge >= 0.3 is 6.18 Å². The number of rotatable bonds is 5. The van der Waals surface area contributed by atoms with E-state index in [1.54, 1.807) is 24.3 Å². The third-order valence-electron chi connectivity index (χ3n) is 6.25. The molecule has 38 heavy (non-hydrogen) atoms. The fourth-order valence-corrected chi connectivity index (χ4v) is 5.65. The molecule has 4 N–H and O–H groups in total. The Kier molecular flexibility index (Phi) is 7.06. The second-order valence-electron chi connectivity index (χ2n) is 9.39. The summed E-state index contributed by atoms with van der Waals surface area (Å²) in [7, 11) is -4.22. The number of aromatic nitrogens is 2. The lowest BCUT2D eigenvalue weighted by atomic mass is 9.84. The molecule has 204 valence electrons. The van der Waals surface area contributed by atoms with Gasteiger partial charge in [0.05, 0.1) is 39.9 Å². The van der Waals surface area contributed by atoms with Gasteiger partial charge in [-0.2, -0.15) is 13.2 Å². The third kappa shape index (κ3) is 5.13. The van der Waals surface area contributed by atoms with Crippen molar-refractivity contribution >= 4 is 33.0 Å². The molecule has 1 aliphatic heterocycles. The Morgan fingerprint density at radius 3 is 2.42 bits per heavy atom. The first-order valence-corrected chi connectivity index (χ1v) is 13.1. The fourth-order valence-electron chi connectivity index (χ4n) is 3.95. The summed E-state index contributed by atoms with van der Waals surface area (Å²) in [5.41, 5.74) is 9.27. The Balaban J connectivity index is 1.85. The number of hydrogen-bond donors (Lipinski definition) is 2. The number of benzene rings is 2. The maximum atomic E-state index is 15.2. The van der Waals surface area contributed by atoms with Gasteiger partial charge in [0, 0.05) is 5.02 Å². The molecule has 1 amide bonds. The van der Waals surface area contributed by atoms with Gasteiger partial charge < -0.3 is 20.8 Å². The highest BCUT2D eigenvalue weighted by Gasteiger charge is 2.50. The summed E-state index contributed by atoms with van der Waals surface area (Å²) in [5, 5.41) is 7.73. The highest BCUT2D eigenvalue weighted by atomic mass is 35.5. The van der Waals surface area contributed by atoms with Crippen LogP contribution in [0.4, 0.5) is 23.2 Å². The number of anilines is 1. The van der Waals surface area contributed by atoms with Gasteiger partial charge in [0.1, 0.15) is 11.9 Å². The lowest BCUT2D eigenvalue weighted by Gasteiger charge is -2.29. The van der Waals surface area contributed by atoms with Crippen LogP contribution in [0.25, 0.3) is 11.5 Å². The Bertz CT molecular complexity index is 1490. The lowest BCUT2D eigenvalue weighted by Crippen LogP contribution is -2.51. The standard InChI is InChI=1S/C23H22ClF4N5O4S/c1-22(2,20(30)23(26,27)28)21-32-31-18(37-21)13-7-16-17(8-14(13)25)38(35,36)10-15(29)19(34)33(16)9-11-3-5-12(24)6-4-11/h3-8,15,20H,9-10,29-30H2,1-2H3/t15-,20?/m0/s1. The summed E-state index contributed by atoms with van der Waals surface area (Å²) in [6.07, 6.45) is -4.79. The Morgan fingerprint density at radius 2 is 1.82 bits per heavy atom. The first kappa shape index (κ1) is 28.0. The third-order valence-corrected chi connectivity index (χ3v) is 8.29. The topological polar surface area (TPSA) is 145 Å². The molecule has 0 fully saturated rings. The lowest BCUT2D eigenvalue weighted by molar-refractivity contribution is -0.162. The van der Waals surface area contributed by atoms with Gasteiger partial charge in [0.15, 0.2) is 9.84 Å². The van der Waals surface area contributed by atoms with Crippen LogP contribution in [0, 0.1) is 5.82 Å². The van der Waals surface area contributed by atoms with E-state index in [2.05, 4.69) is 10.2 Å². The number of nitrogens with zero attached hydrogens (tertiary/aromatic N) is 3. The van der Waals surface area contributed by atoms with Gasteiger partial charge in [-0.15, -0.1) is 10.2 Å². The minimum absolute atomic E-state index is 0.139. The summed E-state index contributed by atoms with van der Waals surface area (Å²) in [6.45, 7) is 2.13. The second kappa shape index (κ2) is 9.59. The van der Waals surface area contributed by atoms with E-state index in [-0.39, 0.29) is 12.2 Å². The molecule has 1 unspecified atom stereocenters. The highest BCUT2D eigenvalue weighted by Crippen LogP contribution is 2.39. The molecule has 0 saturated heterocycles. The molecule has 2 atom stereocenters. The summed E-state index contributed by atoms with van der Waals surface area (Å²) in [6, 6.07) is 4.26. The summed E-state index contributed by atoms with van der Waals surface area (Å²) < 4.78 is 86.3. The predicted molar refractivity (Wildman–Crippen MR) is 129 cm³/mol. The van der Waals surface area contributed by atoms with Gasteiger partial charge in [-0.3, -0.25) is 4.79 Å². The van der Waals surface area contributed by atoms with Crippen molar-refractivity contribution in [3.63, 3.8) is 0 Å². The number of hydrogen-bond acceptors (Lipinski definition) is 8. The average molecular weight is 576 g/mol. The highest BCUT2D eigenvalue weighted by molar-refractivity contribution is 7.91. The van der Waals surface area contributed by atoms with Crippen LogP contribution in [0.1, 0.15) is 25.3 Å². The van der Waals surface area contributed by atoms with E-state index in [1.807, 2.05) is 0 Å². The molecule has 15 heteroatoms. The van der Waals surface area contributed by atoms with Crippen LogP contribution in [0.3, 0.4) is 0 Å². The zero-order valence-electron chi connectivity index (χ0n) is 20.0. The van der Waals surface area contributed by atoms with Gasteiger partial charge in [-0.1, -0.05) is 23.7 Å². The molecule has 0 radical (unpaired) electrons.